The van der Waals surface area contributed by atoms with Gasteiger partial charge in [-0.05, 0) is 0 Å². The van der Waals surface area contributed by atoms with E-state index in [1.54, 1.807) is 0 Å². The Hall–Kier alpha value is -1.30. The average Bonchev–Trinajstić information content (AvgIpc) is 2.39. The van der Waals surface area contributed by atoms with Crippen LogP contribution in [0.4, 0.5) is 13.2 Å². The van der Waals surface area contributed by atoms with E-state index in [4.69, 9.17) is 4.74 Å². The molecule has 2 rings (SSSR count). The molecule has 6 heteroatoms. The van der Waals surface area contributed by atoms with Gasteiger partial charge in [0.25, 0.3) is 0 Å². The van der Waals surface area contributed by atoms with E-state index >= 15 is 0 Å². The highest BCUT2D eigenvalue weighted by molar-refractivity contribution is 5.34. The number of hydrogen-bond acceptors (Lipinski definition) is 3. The quantitative estimate of drug-likeness (QED) is 0.717. The number of nitrogens with zero attached hydrogens (tertiary/aromatic N) is 1. The van der Waals surface area contributed by atoms with Gasteiger partial charge >= 0.3 is 6.18 Å². The molecule has 0 unspecified atom stereocenters. The van der Waals surface area contributed by atoms with Gasteiger partial charge in [-0.3, -0.25) is 4.98 Å². The lowest BCUT2D eigenvalue weighted by molar-refractivity contribution is -0.141. The van der Waals surface area contributed by atoms with Crippen molar-refractivity contribution in [3.8, 4) is 5.75 Å². The Balaban J connectivity index is 2.36. The van der Waals surface area contributed by atoms with Crippen molar-refractivity contribution >= 4 is 0 Å². The number of fused-ring (bicyclic) bond motifs is 1. The highest BCUT2D eigenvalue weighted by Gasteiger charge is 2.33. The van der Waals surface area contributed by atoms with Gasteiger partial charge < -0.3 is 10.1 Å². The van der Waals surface area contributed by atoms with Crippen LogP contribution in [0.2, 0.25) is 0 Å². The highest BCUT2D eigenvalue weighted by atomic mass is 19.4. The minimum absolute atomic E-state index is 0.266. The summed E-state index contributed by atoms with van der Waals surface area (Å²) in [6, 6.07) is 0.947. The van der Waals surface area contributed by atoms with Crippen LogP contribution >= 0.6 is 0 Å². The molecule has 0 radical (unpaired) electrons. The van der Waals surface area contributed by atoms with Gasteiger partial charge in [0.05, 0.1) is 0 Å². The van der Waals surface area contributed by atoms with E-state index in [1.165, 1.54) is 6.20 Å². The van der Waals surface area contributed by atoms with E-state index in [2.05, 4.69) is 10.3 Å². The zero-order valence-corrected chi connectivity index (χ0v) is 7.77. The van der Waals surface area contributed by atoms with Crippen LogP contribution in [-0.4, -0.2) is 18.1 Å². The van der Waals surface area contributed by atoms with E-state index in [9.17, 15) is 13.2 Å². The summed E-state index contributed by atoms with van der Waals surface area (Å²) in [5, 5.41) is 3.02. The molecule has 1 aromatic heterocycles. The van der Waals surface area contributed by atoms with Crippen LogP contribution in [0.3, 0.4) is 0 Å². The summed E-state index contributed by atoms with van der Waals surface area (Å²) in [4.78, 5) is 3.36. The second-order valence-corrected chi connectivity index (χ2v) is 3.20. The Labute approximate surface area is 84.3 Å². The highest BCUT2D eigenvalue weighted by Crippen LogP contribution is 2.31. The molecule has 0 saturated carbocycles. The summed E-state index contributed by atoms with van der Waals surface area (Å²) in [6.45, 7) is 1.48. The smallest absolute Gasteiger partial charge is 0.433 e. The molecule has 1 aliphatic rings. The second-order valence-electron chi connectivity index (χ2n) is 3.20. The summed E-state index contributed by atoms with van der Waals surface area (Å²) in [6.07, 6.45) is -3.21. The number of rotatable bonds is 0. The lowest BCUT2D eigenvalue weighted by Gasteiger charge is -2.10. The normalized spacial score (nSPS) is 16.5. The maximum absolute atomic E-state index is 12.3. The summed E-state index contributed by atoms with van der Waals surface area (Å²) >= 11 is 0. The zero-order chi connectivity index (χ0) is 10.9. The average molecular weight is 218 g/mol. The summed E-state index contributed by atoms with van der Waals surface area (Å²) in [5.74, 6) is 0.266. The van der Waals surface area contributed by atoms with Crippen molar-refractivity contribution in [2.75, 3.05) is 13.2 Å². The lowest BCUT2D eigenvalue weighted by Crippen LogP contribution is -2.16. The largest absolute Gasteiger partial charge is 0.492 e. The Morgan fingerprint density at radius 1 is 1.40 bits per heavy atom. The molecular formula is C9H9F3N2O. The van der Waals surface area contributed by atoms with Gasteiger partial charge in [-0.25, -0.2) is 0 Å². The fraction of sp³-hybridized carbons (Fsp3) is 0.444. The Morgan fingerprint density at radius 3 is 2.93 bits per heavy atom. The molecule has 0 atom stereocenters. The molecule has 0 bridgehead atoms. The van der Waals surface area contributed by atoms with Gasteiger partial charge in [-0.1, -0.05) is 0 Å². The monoisotopic (exact) mass is 218 g/mol. The van der Waals surface area contributed by atoms with E-state index < -0.39 is 11.9 Å². The van der Waals surface area contributed by atoms with Crippen LogP contribution in [0.5, 0.6) is 5.75 Å². The van der Waals surface area contributed by atoms with Gasteiger partial charge in [0.15, 0.2) is 0 Å². The van der Waals surface area contributed by atoms with Gasteiger partial charge in [-0.15, -0.1) is 0 Å². The Kier molecular flexibility index (Phi) is 2.52. The number of alkyl halides is 3. The van der Waals surface area contributed by atoms with Crippen LogP contribution in [0.15, 0.2) is 12.3 Å². The molecule has 0 aromatic carbocycles. The standard InChI is InChI=1S/C9H9F3N2O/c10-9(11,12)8-3-7-6(5-14-8)4-13-1-2-15-7/h3,5,13H,1-2,4H2. The fourth-order valence-corrected chi connectivity index (χ4v) is 1.34. The first kappa shape index (κ1) is 10.2. The minimum atomic E-state index is -4.42. The van der Waals surface area contributed by atoms with Crippen LogP contribution in [0, 0.1) is 0 Å². The van der Waals surface area contributed by atoms with Gasteiger partial charge in [-0.2, -0.15) is 13.2 Å². The molecule has 0 saturated heterocycles. The number of pyridine rings is 1. The minimum Gasteiger partial charge on any atom is -0.492 e. The first-order valence-corrected chi connectivity index (χ1v) is 4.47. The second kappa shape index (κ2) is 3.69. The molecule has 15 heavy (non-hydrogen) atoms. The lowest BCUT2D eigenvalue weighted by atomic mass is 10.2. The zero-order valence-electron chi connectivity index (χ0n) is 7.77. The van der Waals surface area contributed by atoms with E-state index in [1.807, 2.05) is 0 Å². The molecule has 0 spiro atoms. The van der Waals surface area contributed by atoms with Gasteiger partial charge in [0, 0.05) is 30.9 Å². The molecule has 0 fully saturated rings. The fourth-order valence-electron chi connectivity index (χ4n) is 1.34. The third-order valence-electron chi connectivity index (χ3n) is 2.09. The summed E-state index contributed by atoms with van der Waals surface area (Å²) < 4.78 is 42.2. The predicted octanol–water partition coefficient (Wildman–Crippen LogP) is 1.58. The first-order chi connectivity index (χ1) is 7.07. The van der Waals surface area contributed by atoms with Gasteiger partial charge in [0.2, 0.25) is 0 Å². The van der Waals surface area contributed by atoms with Crippen molar-refractivity contribution in [3.05, 3.63) is 23.5 Å². The molecule has 3 nitrogen and oxygen atoms in total. The van der Waals surface area contributed by atoms with Crippen molar-refractivity contribution in [1.29, 1.82) is 0 Å². The van der Waals surface area contributed by atoms with Crippen LogP contribution in [-0.2, 0) is 12.7 Å². The van der Waals surface area contributed by atoms with Crippen LogP contribution < -0.4 is 10.1 Å². The molecule has 82 valence electrons. The van der Waals surface area contributed by atoms with Crippen molar-refractivity contribution in [1.82, 2.24) is 10.3 Å². The number of ether oxygens (including phenoxy) is 1. The number of halogens is 3. The van der Waals surface area contributed by atoms with Crippen molar-refractivity contribution in [2.45, 2.75) is 12.7 Å². The molecular weight excluding hydrogens is 209 g/mol. The molecule has 0 aliphatic carbocycles. The third kappa shape index (κ3) is 2.20. The van der Waals surface area contributed by atoms with Gasteiger partial charge in [0.1, 0.15) is 18.1 Å². The maximum atomic E-state index is 12.3. The maximum Gasteiger partial charge on any atom is 0.433 e. The SMILES string of the molecule is FC(F)(F)c1cc2c(cn1)CNCCO2. The summed E-state index contributed by atoms with van der Waals surface area (Å²) in [7, 11) is 0. The van der Waals surface area contributed by atoms with Crippen molar-refractivity contribution in [2.24, 2.45) is 0 Å². The van der Waals surface area contributed by atoms with Crippen molar-refractivity contribution in [3.63, 3.8) is 0 Å². The van der Waals surface area contributed by atoms with Crippen molar-refractivity contribution < 1.29 is 17.9 Å². The third-order valence-corrected chi connectivity index (χ3v) is 2.09. The molecule has 1 aliphatic heterocycles. The van der Waals surface area contributed by atoms with E-state index in [-0.39, 0.29) is 5.75 Å². The Morgan fingerprint density at radius 2 is 2.20 bits per heavy atom. The topological polar surface area (TPSA) is 34.2 Å². The van der Waals surface area contributed by atoms with Crippen LogP contribution in [0.25, 0.3) is 0 Å². The predicted molar refractivity (Wildman–Crippen MR) is 46.4 cm³/mol. The molecule has 1 aromatic rings. The number of hydrogen-bond donors (Lipinski definition) is 1. The van der Waals surface area contributed by atoms with E-state index in [0.29, 0.717) is 25.3 Å². The van der Waals surface area contributed by atoms with E-state index in [0.717, 1.165) is 6.07 Å². The molecule has 1 N–H and O–H groups in total. The molecule has 2 heterocycles. The number of aromatic nitrogens is 1. The van der Waals surface area contributed by atoms with Crippen LogP contribution in [0.1, 0.15) is 11.3 Å². The first-order valence-electron chi connectivity index (χ1n) is 4.47. The summed E-state index contributed by atoms with van der Waals surface area (Å²) in [5.41, 5.74) is -0.261. The molecule has 0 amide bonds. The Bertz CT molecular complexity index is 365. The number of nitrogens with one attached hydrogen (secondary N) is 1.